The number of aromatic amines is 2. The Morgan fingerprint density at radius 2 is 1.79 bits per heavy atom. The van der Waals surface area contributed by atoms with Crippen molar-refractivity contribution >= 4 is 17.1 Å². The minimum Gasteiger partial charge on any atom is -0.295 e. The molecule has 0 unspecified atom stereocenters. The first-order valence-electron chi connectivity index (χ1n) is 7.08. The van der Waals surface area contributed by atoms with E-state index in [4.69, 9.17) is 0 Å². The van der Waals surface area contributed by atoms with Gasteiger partial charge in [-0.05, 0) is 36.8 Å². The number of nitrogens with one attached hydrogen (secondary N) is 2. The van der Waals surface area contributed by atoms with Crippen molar-refractivity contribution in [2.24, 2.45) is 10.2 Å². The van der Waals surface area contributed by atoms with Crippen LogP contribution in [0.2, 0.25) is 0 Å². The lowest BCUT2D eigenvalue weighted by Gasteiger charge is -1.99. The lowest BCUT2D eigenvalue weighted by Crippen LogP contribution is -1.96. The molecule has 24 heavy (non-hydrogen) atoms. The first-order chi connectivity index (χ1) is 11.5. The first-order valence-corrected chi connectivity index (χ1v) is 7.08. The molecule has 3 aromatic rings. The van der Waals surface area contributed by atoms with Crippen LogP contribution in [-0.2, 0) is 0 Å². The molecule has 8 nitrogen and oxygen atoms in total. The molecule has 0 bridgehead atoms. The van der Waals surface area contributed by atoms with E-state index in [2.05, 4.69) is 20.4 Å². The van der Waals surface area contributed by atoms with Crippen molar-refractivity contribution in [2.45, 2.75) is 6.92 Å². The summed E-state index contributed by atoms with van der Waals surface area (Å²) in [6.45, 7) is 1.93. The van der Waals surface area contributed by atoms with E-state index in [9.17, 15) is 14.9 Å². The zero-order chi connectivity index (χ0) is 17.1. The van der Waals surface area contributed by atoms with Gasteiger partial charge < -0.3 is 0 Å². The molecule has 0 saturated carbocycles. The molecular formula is C16H13N5O3. The Morgan fingerprint density at radius 1 is 1.04 bits per heavy atom. The van der Waals surface area contributed by atoms with Gasteiger partial charge in [0, 0.05) is 17.7 Å². The van der Waals surface area contributed by atoms with Gasteiger partial charge in [0.15, 0.2) is 5.69 Å². The third-order valence-electron chi connectivity index (χ3n) is 3.39. The second kappa shape index (κ2) is 6.29. The predicted octanol–water partition coefficient (Wildman–Crippen LogP) is 4.00. The van der Waals surface area contributed by atoms with E-state index in [0.717, 1.165) is 5.56 Å². The second-order valence-corrected chi connectivity index (χ2v) is 5.15. The van der Waals surface area contributed by atoms with Crippen LogP contribution in [0.3, 0.4) is 0 Å². The molecule has 0 radical (unpaired) electrons. The van der Waals surface area contributed by atoms with Crippen LogP contribution in [0.25, 0.3) is 11.3 Å². The van der Waals surface area contributed by atoms with Crippen LogP contribution < -0.4 is 5.56 Å². The number of benzene rings is 2. The molecule has 8 heteroatoms. The van der Waals surface area contributed by atoms with Gasteiger partial charge in [-0.15, -0.1) is 5.11 Å². The number of hydrogen-bond acceptors (Lipinski definition) is 5. The lowest BCUT2D eigenvalue weighted by atomic mass is 10.1. The van der Waals surface area contributed by atoms with E-state index in [1.54, 1.807) is 18.2 Å². The molecule has 1 heterocycles. The van der Waals surface area contributed by atoms with Crippen LogP contribution >= 0.6 is 0 Å². The minimum absolute atomic E-state index is 0.0282. The summed E-state index contributed by atoms with van der Waals surface area (Å²) in [5, 5.41) is 24.0. The smallest absolute Gasteiger partial charge is 0.292 e. The Morgan fingerprint density at radius 3 is 2.46 bits per heavy atom. The highest BCUT2D eigenvalue weighted by atomic mass is 16.6. The zero-order valence-corrected chi connectivity index (χ0v) is 12.7. The minimum atomic E-state index is -0.484. The fraction of sp³-hybridized carbons (Fsp3) is 0.0625. The number of azo groups is 1. The van der Waals surface area contributed by atoms with Crippen molar-refractivity contribution in [3.05, 3.63) is 74.6 Å². The molecule has 120 valence electrons. The molecule has 0 aliphatic heterocycles. The lowest BCUT2D eigenvalue weighted by molar-refractivity contribution is -0.384. The number of nitrogens with zero attached hydrogens (tertiary/aromatic N) is 3. The van der Waals surface area contributed by atoms with E-state index < -0.39 is 10.5 Å². The third-order valence-corrected chi connectivity index (χ3v) is 3.39. The van der Waals surface area contributed by atoms with Gasteiger partial charge in [0.1, 0.15) is 0 Å². The molecule has 3 rings (SSSR count). The largest absolute Gasteiger partial charge is 0.295 e. The van der Waals surface area contributed by atoms with Crippen molar-refractivity contribution in [2.75, 3.05) is 0 Å². The van der Waals surface area contributed by atoms with Gasteiger partial charge >= 0.3 is 0 Å². The first kappa shape index (κ1) is 15.3. The number of aryl methyl sites for hydroxylation is 1. The average Bonchev–Trinajstić information content (AvgIpc) is 2.94. The zero-order valence-electron chi connectivity index (χ0n) is 12.7. The van der Waals surface area contributed by atoms with Crippen molar-refractivity contribution in [3.8, 4) is 11.3 Å². The number of H-pyrrole nitrogens is 2. The monoisotopic (exact) mass is 323 g/mol. The molecule has 0 aliphatic carbocycles. The summed E-state index contributed by atoms with van der Waals surface area (Å²) in [5.41, 5.74) is 2.35. The molecule has 0 aliphatic rings. The van der Waals surface area contributed by atoms with Gasteiger partial charge in [-0.2, -0.15) is 5.11 Å². The van der Waals surface area contributed by atoms with Gasteiger partial charge in [-0.25, -0.2) is 0 Å². The van der Waals surface area contributed by atoms with E-state index >= 15 is 0 Å². The van der Waals surface area contributed by atoms with Crippen molar-refractivity contribution < 1.29 is 4.92 Å². The maximum Gasteiger partial charge on any atom is 0.292 e. The maximum absolute atomic E-state index is 11.9. The fourth-order valence-corrected chi connectivity index (χ4v) is 2.20. The normalized spacial score (nSPS) is 11.0. The average molecular weight is 323 g/mol. The number of rotatable bonds is 4. The summed E-state index contributed by atoms with van der Waals surface area (Å²) < 4.78 is 0. The van der Waals surface area contributed by atoms with Crippen LogP contribution in [0.4, 0.5) is 17.1 Å². The van der Waals surface area contributed by atoms with Crippen LogP contribution in [0.1, 0.15) is 5.56 Å². The summed E-state index contributed by atoms with van der Waals surface area (Å²) in [6.07, 6.45) is 0. The van der Waals surface area contributed by atoms with Crippen LogP contribution in [-0.4, -0.2) is 15.1 Å². The summed E-state index contributed by atoms with van der Waals surface area (Å²) >= 11 is 0. The van der Waals surface area contributed by atoms with E-state index in [1.807, 2.05) is 25.1 Å². The SMILES string of the molecule is Cc1cccc(N=Nc2c(-c3ccc([N+](=O)[O-])cc3)[nH][nH]c2=O)c1. The Labute approximate surface area is 136 Å². The van der Waals surface area contributed by atoms with Gasteiger partial charge in [-0.1, -0.05) is 12.1 Å². The Balaban J connectivity index is 1.97. The fourth-order valence-electron chi connectivity index (χ4n) is 2.20. The van der Waals surface area contributed by atoms with Gasteiger partial charge in [0.2, 0.25) is 0 Å². The van der Waals surface area contributed by atoms with Crippen molar-refractivity contribution in [1.29, 1.82) is 0 Å². The molecule has 2 aromatic carbocycles. The number of aromatic nitrogens is 2. The number of hydrogen-bond donors (Lipinski definition) is 2. The van der Waals surface area contributed by atoms with Crippen LogP contribution in [0.15, 0.2) is 63.6 Å². The highest BCUT2D eigenvalue weighted by Gasteiger charge is 2.13. The third kappa shape index (κ3) is 3.12. The summed E-state index contributed by atoms with van der Waals surface area (Å²) in [5.74, 6) is 0. The van der Waals surface area contributed by atoms with Crippen LogP contribution in [0, 0.1) is 17.0 Å². The number of non-ortho nitro benzene ring substituents is 1. The van der Waals surface area contributed by atoms with Crippen LogP contribution in [0.5, 0.6) is 0 Å². The standard InChI is InChI=1S/C16H13N5O3/c1-10-3-2-4-12(9-10)17-19-15-14(18-20-16(15)22)11-5-7-13(8-6-11)21(23)24/h2-9H,1H3,(H2,18,20,22). The highest BCUT2D eigenvalue weighted by molar-refractivity contribution is 5.71. The highest BCUT2D eigenvalue weighted by Crippen LogP contribution is 2.28. The topological polar surface area (TPSA) is 117 Å². The maximum atomic E-state index is 11.9. The van der Waals surface area contributed by atoms with Crippen molar-refractivity contribution in [1.82, 2.24) is 10.2 Å². The van der Waals surface area contributed by atoms with Gasteiger partial charge in [0.05, 0.1) is 16.3 Å². The Bertz CT molecular complexity index is 970. The van der Waals surface area contributed by atoms with E-state index in [-0.39, 0.29) is 11.4 Å². The van der Waals surface area contributed by atoms with E-state index in [0.29, 0.717) is 16.9 Å². The van der Waals surface area contributed by atoms with Gasteiger partial charge in [0.25, 0.3) is 11.2 Å². The Hall–Kier alpha value is -3.55. The quantitative estimate of drug-likeness (QED) is 0.429. The number of nitro benzene ring substituents is 1. The Kier molecular flexibility index (Phi) is 4.02. The van der Waals surface area contributed by atoms with Crippen molar-refractivity contribution in [3.63, 3.8) is 0 Å². The second-order valence-electron chi connectivity index (χ2n) is 5.15. The molecule has 0 fully saturated rings. The molecule has 1 aromatic heterocycles. The summed E-state index contributed by atoms with van der Waals surface area (Å²) in [6, 6.07) is 13.2. The molecular weight excluding hydrogens is 310 g/mol. The molecule has 0 spiro atoms. The number of nitro groups is 1. The molecule has 2 N–H and O–H groups in total. The molecule has 0 saturated heterocycles. The summed E-state index contributed by atoms with van der Waals surface area (Å²) in [4.78, 5) is 22.2. The van der Waals surface area contributed by atoms with Gasteiger partial charge in [-0.3, -0.25) is 25.1 Å². The molecule has 0 amide bonds. The molecule has 0 atom stereocenters. The van der Waals surface area contributed by atoms with E-state index in [1.165, 1.54) is 12.1 Å². The predicted molar refractivity (Wildman–Crippen MR) is 88.9 cm³/mol. The summed E-state index contributed by atoms with van der Waals surface area (Å²) in [7, 11) is 0.